The molecule has 1 aromatic heterocycles. The number of hydrogen-bond acceptors (Lipinski definition) is 5. The van der Waals surface area contributed by atoms with Crippen molar-refractivity contribution in [1.29, 1.82) is 0 Å². The molecule has 0 amide bonds. The zero-order valence-electron chi connectivity index (χ0n) is 16.2. The van der Waals surface area contributed by atoms with Gasteiger partial charge in [0.25, 0.3) is 0 Å². The third kappa shape index (κ3) is 4.51. The minimum absolute atomic E-state index is 0.0264. The average molecular weight is 473 g/mol. The number of nitrogens with zero attached hydrogens (tertiary/aromatic N) is 1. The summed E-state index contributed by atoms with van der Waals surface area (Å²) in [6.45, 7) is 0.0368. The number of thioether (sulfide) groups is 1. The summed E-state index contributed by atoms with van der Waals surface area (Å²) in [5, 5.41) is 22.6. The second-order valence-corrected chi connectivity index (χ2v) is 11.7. The van der Waals surface area contributed by atoms with E-state index in [4.69, 9.17) is 23.2 Å². The number of aliphatic hydroxyl groups is 2. The van der Waals surface area contributed by atoms with Gasteiger partial charge in [-0.05, 0) is 42.7 Å². The Morgan fingerprint density at radius 1 is 1.21 bits per heavy atom. The molecular formula is C22H27Cl2NO2S2. The highest BCUT2D eigenvalue weighted by atomic mass is 35.5. The van der Waals surface area contributed by atoms with E-state index in [0.29, 0.717) is 5.92 Å². The van der Waals surface area contributed by atoms with Gasteiger partial charge in [0.15, 0.2) is 0 Å². The zero-order valence-corrected chi connectivity index (χ0v) is 19.4. The van der Waals surface area contributed by atoms with E-state index in [2.05, 4.69) is 17.1 Å². The Kier molecular flexibility index (Phi) is 7.14. The first-order valence-corrected chi connectivity index (χ1v) is 13.0. The van der Waals surface area contributed by atoms with Crippen LogP contribution in [0.4, 0.5) is 0 Å². The van der Waals surface area contributed by atoms with Gasteiger partial charge in [0.2, 0.25) is 0 Å². The van der Waals surface area contributed by atoms with E-state index >= 15 is 0 Å². The van der Waals surface area contributed by atoms with Crippen LogP contribution in [0.1, 0.15) is 55.3 Å². The molecule has 2 aliphatic rings. The maximum Gasteiger partial charge on any atom is 0.149 e. The molecule has 3 nitrogen and oxygen atoms in total. The third-order valence-corrected chi connectivity index (χ3v) is 9.68. The summed E-state index contributed by atoms with van der Waals surface area (Å²) in [4.78, 5) is 4.34. The normalized spacial score (nSPS) is 29.5. The smallest absolute Gasteiger partial charge is 0.149 e. The van der Waals surface area contributed by atoms with Crippen molar-refractivity contribution in [3.05, 3.63) is 47.0 Å². The van der Waals surface area contributed by atoms with Crippen LogP contribution in [0.2, 0.25) is 0 Å². The van der Waals surface area contributed by atoms with Gasteiger partial charge in [-0.2, -0.15) is 0 Å². The van der Waals surface area contributed by atoms with E-state index in [-0.39, 0.29) is 28.7 Å². The first-order chi connectivity index (χ1) is 14.0. The largest absolute Gasteiger partial charge is 0.396 e. The molecule has 2 N–H and O–H groups in total. The van der Waals surface area contributed by atoms with E-state index in [1.165, 1.54) is 5.56 Å². The number of rotatable bonds is 8. The SMILES string of the molecule is OCC1(C(O)c2ccc(C3C(Cl)CC(Cl)C3CCSc3nccs3)cc2)CCC1. The summed E-state index contributed by atoms with van der Waals surface area (Å²) < 4.78 is 1.10. The van der Waals surface area contributed by atoms with Gasteiger partial charge in [-0.3, -0.25) is 0 Å². The molecule has 2 aromatic rings. The van der Waals surface area contributed by atoms with Gasteiger partial charge in [0.1, 0.15) is 4.34 Å². The lowest BCUT2D eigenvalue weighted by Gasteiger charge is -2.44. The number of benzene rings is 1. The van der Waals surface area contributed by atoms with Crippen LogP contribution in [0.5, 0.6) is 0 Å². The number of halogens is 2. The fraction of sp³-hybridized carbons (Fsp3) is 0.591. The van der Waals surface area contributed by atoms with Crippen LogP contribution in [-0.2, 0) is 0 Å². The maximum absolute atomic E-state index is 10.8. The van der Waals surface area contributed by atoms with E-state index in [9.17, 15) is 10.2 Å². The molecule has 2 fully saturated rings. The standard InChI is InChI=1S/C22H27Cl2NO2S2/c23-17-12-18(24)19(16(17)6-10-28-21-25-9-11-29-21)14-2-4-15(5-3-14)20(27)22(13-26)7-1-8-22/h2-5,9,11,16-20,26-27H,1,6-8,10,12-13H2. The first kappa shape index (κ1) is 21.9. The lowest BCUT2D eigenvalue weighted by atomic mass is 9.64. The molecule has 5 unspecified atom stereocenters. The number of aromatic nitrogens is 1. The van der Waals surface area contributed by atoms with Gasteiger partial charge in [0, 0.05) is 39.4 Å². The van der Waals surface area contributed by atoms with Crippen molar-refractivity contribution in [2.75, 3.05) is 12.4 Å². The molecule has 0 spiro atoms. The van der Waals surface area contributed by atoms with E-state index in [0.717, 1.165) is 47.8 Å². The van der Waals surface area contributed by atoms with Crippen molar-refractivity contribution in [2.24, 2.45) is 11.3 Å². The van der Waals surface area contributed by atoms with Crippen molar-refractivity contribution >= 4 is 46.3 Å². The molecule has 0 aliphatic heterocycles. The highest BCUT2D eigenvalue weighted by Crippen LogP contribution is 2.51. The Morgan fingerprint density at radius 3 is 2.55 bits per heavy atom. The summed E-state index contributed by atoms with van der Waals surface area (Å²) >= 11 is 16.9. The number of alkyl halides is 2. The molecule has 7 heteroatoms. The van der Waals surface area contributed by atoms with Gasteiger partial charge >= 0.3 is 0 Å². The lowest BCUT2D eigenvalue weighted by molar-refractivity contribution is -0.0734. The second kappa shape index (κ2) is 9.46. The molecule has 0 saturated heterocycles. The minimum Gasteiger partial charge on any atom is -0.396 e. The first-order valence-electron chi connectivity index (χ1n) is 10.2. The Morgan fingerprint density at radius 2 is 1.97 bits per heavy atom. The molecule has 5 atom stereocenters. The summed E-state index contributed by atoms with van der Waals surface area (Å²) in [5.41, 5.74) is 1.71. The van der Waals surface area contributed by atoms with Crippen LogP contribution in [0, 0.1) is 11.3 Å². The predicted molar refractivity (Wildman–Crippen MR) is 122 cm³/mol. The van der Waals surface area contributed by atoms with Gasteiger partial charge in [-0.1, -0.05) is 42.4 Å². The minimum atomic E-state index is -0.614. The zero-order chi connectivity index (χ0) is 20.4. The quantitative estimate of drug-likeness (QED) is 0.374. The molecule has 2 aliphatic carbocycles. The van der Waals surface area contributed by atoms with Crippen molar-refractivity contribution in [1.82, 2.24) is 4.98 Å². The van der Waals surface area contributed by atoms with Gasteiger partial charge in [-0.15, -0.1) is 34.5 Å². The third-order valence-electron chi connectivity index (χ3n) is 6.73. The van der Waals surface area contributed by atoms with Crippen LogP contribution in [-0.4, -0.2) is 38.3 Å². The molecule has 1 aromatic carbocycles. The second-order valence-electron chi connectivity index (χ2n) is 8.34. The Bertz CT molecular complexity index is 777. The van der Waals surface area contributed by atoms with Crippen molar-refractivity contribution in [3.63, 3.8) is 0 Å². The van der Waals surface area contributed by atoms with Gasteiger partial charge in [-0.25, -0.2) is 4.98 Å². The molecule has 0 bridgehead atoms. The number of thiazole rings is 1. The molecule has 29 heavy (non-hydrogen) atoms. The van der Waals surface area contributed by atoms with E-state index in [1.807, 2.05) is 23.7 Å². The van der Waals surface area contributed by atoms with Crippen molar-refractivity contribution < 1.29 is 10.2 Å². The van der Waals surface area contributed by atoms with Crippen molar-refractivity contribution in [3.8, 4) is 0 Å². The fourth-order valence-electron chi connectivity index (χ4n) is 4.81. The van der Waals surface area contributed by atoms with Crippen LogP contribution in [0.25, 0.3) is 0 Å². The Labute approximate surface area is 190 Å². The predicted octanol–water partition coefficient (Wildman–Crippen LogP) is 5.84. The van der Waals surface area contributed by atoms with Crippen molar-refractivity contribution in [2.45, 2.75) is 59.2 Å². The molecular weight excluding hydrogens is 445 g/mol. The summed E-state index contributed by atoms with van der Waals surface area (Å²) in [6.07, 6.45) is 5.88. The van der Waals surface area contributed by atoms with Crippen LogP contribution >= 0.6 is 46.3 Å². The van der Waals surface area contributed by atoms with Gasteiger partial charge < -0.3 is 10.2 Å². The molecule has 2 saturated carbocycles. The van der Waals surface area contributed by atoms with E-state index < -0.39 is 6.10 Å². The Balaban J connectivity index is 1.44. The average Bonchev–Trinajstić information content (AvgIpc) is 3.29. The summed E-state index contributed by atoms with van der Waals surface area (Å²) in [5.74, 6) is 1.53. The highest BCUT2D eigenvalue weighted by molar-refractivity contribution is 8.00. The highest BCUT2D eigenvalue weighted by Gasteiger charge is 2.44. The molecule has 1 heterocycles. The number of aliphatic hydroxyl groups excluding tert-OH is 2. The summed E-state index contributed by atoms with van der Waals surface area (Å²) in [7, 11) is 0. The molecule has 158 valence electrons. The van der Waals surface area contributed by atoms with Crippen LogP contribution in [0.15, 0.2) is 40.2 Å². The number of hydrogen-bond donors (Lipinski definition) is 2. The summed E-state index contributed by atoms with van der Waals surface area (Å²) in [6, 6.07) is 8.20. The fourth-order valence-corrected chi connectivity index (χ4v) is 7.65. The van der Waals surface area contributed by atoms with E-state index in [1.54, 1.807) is 23.1 Å². The van der Waals surface area contributed by atoms with Crippen LogP contribution in [0.3, 0.4) is 0 Å². The Hall–Kier alpha value is -0.300. The maximum atomic E-state index is 10.8. The molecule has 0 radical (unpaired) electrons. The van der Waals surface area contributed by atoms with Crippen LogP contribution < -0.4 is 0 Å². The topological polar surface area (TPSA) is 53.4 Å². The monoisotopic (exact) mass is 471 g/mol. The lowest BCUT2D eigenvalue weighted by Crippen LogP contribution is -2.39. The van der Waals surface area contributed by atoms with Gasteiger partial charge in [0.05, 0.1) is 12.7 Å². The molecule has 4 rings (SSSR count).